The first-order valence-corrected chi connectivity index (χ1v) is 8.95. The third-order valence-electron chi connectivity index (χ3n) is 4.54. The van der Waals surface area contributed by atoms with Crippen molar-refractivity contribution in [3.8, 4) is 0 Å². The van der Waals surface area contributed by atoms with Crippen LogP contribution >= 0.6 is 0 Å². The van der Waals surface area contributed by atoms with Crippen LogP contribution in [0.5, 0.6) is 0 Å². The summed E-state index contributed by atoms with van der Waals surface area (Å²) in [7, 11) is 0. The van der Waals surface area contributed by atoms with Gasteiger partial charge < -0.3 is 10.2 Å². The van der Waals surface area contributed by atoms with Gasteiger partial charge in [0.1, 0.15) is 5.69 Å². The maximum Gasteiger partial charge on any atom is 0.274 e. The second-order valence-electron chi connectivity index (χ2n) is 6.98. The van der Waals surface area contributed by atoms with Crippen LogP contribution in [0.25, 0.3) is 0 Å². The van der Waals surface area contributed by atoms with Crippen molar-refractivity contribution < 1.29 is 9.59 Å². The lowest BCUT2D eigenvalue weighted by atomic mass is 10.0. The van der Waals surface area contributed by atoms with Gasteiger partial charge in [-0.15, -0.1) is 0 Å². The van der Waals surface area contributed by atoms with Crippen molar-refractivity contribution in [1.29, 1.82) is 0 Å². The molecule has 1 saturated heterocycles. The Morgan fingerprint density at radius 3 is 2.77 bits per heavy atom. The highest BCUT2D eigenvalue weighted by molar-refractivity contribution is 6.04. The second-order valence-corrected chi connectivity index (χ2v) is 6.98. The van der Waals surface area contributed by atoms with Crippen LogP contribution < -0.4 is 10.2 Å². The highest BCUT2D eigenvalue weighted by atomic mass is 16.2. The third kappa shape index (κ3) is 4.25. The quantitative estimate of drug-likeness (QED) is 0.853. The lowest BCUT2D eigenvalue weighted by Crippen LogP contribution is -2.36. The molecule has 1 fully saturated rings. The van der Waals surface area contributed by atoms with Gasteiger partial charge in [0.25, 0.3) is 5.91 Å². The fourth-order valence-corrected chi connectivity index (χ4v) is 3.19. The van der Waals surface area contributed by atoms with Crippen LogP contribution in [0.2, 0.25) is 0 Å². The van der Waals surface area contributed by atoms with Crippen molar-refractivity contribution in [3.05, 3.63) is 47.3 Å². The molecule has 2 heterocycles. The molecule has 0 bridgehead atoms. The van der Waals surface area contributed by atoms with Crippen molar-refractivity contribution in [3.63, 3.8) is 0 Å². The molecule has 0 aliphatic carbocycles. The molecule has 1 aromatic heterocycles. The van der Waals surface area contributed by atoms with Crippen LogP contribution in [0.15, 0.2) is 30.3 Å². The molecule has 1 amide bonds. The topological polar surface area (TPSA) is 75.2 Å². The summed E-state index contributed by atoms with van der Waals surface area (Å²) in [5.41, 5.74) is 2.23. The number of Topliss-reactive ketones (excluding diaryl/α,β-unsaturated/α-hetero) is 1. The molecule has 0 radical (unpaired) electrons. The highest BCUT2D eigenvalue weighted by Crippen LogP contribution is 2.21. The Balaban J connectivity index is 1.81. The molecule has 0 spiro atoms. The van der Waals surface area contributed by atoms with Gasteiger partial charge in [-0.25, -0.2) is 9.97 Å². The molecule has 1 N–H and O–H groups in total. The van der Waals surface area contributed by atoms with E-state index in [0.717, 1.165) is 25.2 Å². The van der Waals surface area contributed by atoms with Gasteiger partial charge in [-0.3, -0.25) is 9.59 Å². The number of carbonyl (C=O) groups excluding carboxylic acids is 2. The highest BCUT2D eigenvalue weighted by Gasteiger charge is 2.20. The van der Waals surface area contributed by atoms with Crippen LogP contribution in [0.4, 0.5) is 11.6 Å². The summed E-state index contributed by atoms with van der Waals surface area (Å²) in [4.78, 5) is 35.3. The van der Waals surface area contributed by atoms with Gasteiger partial charge in [-0.05, 0) is 50.8 Å². The number of rotatable bonds is 4. The summed E-state index contributed by atoms with van der Waals surface area (Å²) in [6, 6.07) is 8.58. The number of aromatic nitrogens is 2. The average Bonchev–Trinajstić information content (AvgIpc) is 2.61. The summed E-state index contributed by atoms with van der Waals surface area (Å²) in [6.45, 7) is 7.41. The van der Waals surface area contributed by atoms with Crippen molar-refractivity contribution in [1.82, 2.24) is 9.97 Å². The number of benzene rings is 1. The molecular weight excluding hydrogens is 328 g/mol. The van der Waals surface area contributed by atoms with E-state index >= 15 is 0 Å². The number of hydrogen-bond donors (Lipinski definition) is 1. The molecule has 26 heavy (non-hydrogen) atoms. The number of carbonyl (C=O) groups is 2. The van der Waals surface area contributed by atoms with Crippen molar-refractivity contribution in [2.45, 2.75) is 33.6 Å². The second kappa shape index (κ2) is 7.64. The Morgan fingerprint density at radius 2 is 2.04 bits per heavy atom. The SMILES string of the molecule is CC(=O)c1cccc(NC(=O)c2cc(C)nc(N3CCCC(C)C3)n2)c1. The Bertz CT molecular complexity index is 834. The molecule has 1 unspecified atom stereocenters. The van der Waals surface area contributed by atoms with Gasteiger partial charge in [-0.2, -0.15) is 0 Å². The van der Waals surface area contributed by atoms with E-state index in [-0.39, 0.29) is 11.7 Å². The predicted octanol–water partition coefficient (Wildman–Crippen LogP) is 3.48. The van der Waals surface area contributed by atoms with Gasteiger partial charge in [0.2, 0.25) is 5.95 Å². The van der Waals surface area contributed by atoms with Gasteiger partial charge in [0.05, 0.1) is 0 Å². The molecule has 136 valence electrons. The fourth-order valence-electron chi connectivity index (χ4n) is 3.19. The first-order chi connectivity index (χ1) is 12.4. The first kappa shape index (κ1) is 18.0. The van der Waals surface area contributed by atoms with E-state index in [9.17, 15) is 9.59 Å². The maximum absolute atomic E-state index is 12.6. The van der Waals surface area contributed by atoms with Crippen LogP contribution in [-0.2, 0) is 0 Å². The average molecular weight is 352 g/mol. The van der Waals surface area contributed by atoms with E-state index in [1.54, 1.807) is 30.3 Å². The summed E-state index contributed by atoms with van der Waals surface area (Å²) >= 11 is 0. The molecule has 3 rings (SSSR count). The van der Waals surface area contributed by atoms with Crippen molar-refractivity contribution in [2.24, 2.45) is 5.92 Å². The number of nitrogens with one attached hydrogen (secondary N) is 1. The molecule has 1 atom stereocenters. The Hall–Kier alpha value is -2.76. The standard InChI is InChI=1S/C20H24N4O2/c1-13-6-5-9-24(12-13)20-21-14(2)10-18(23-20)19(26)22-17-8-4-7-16(11-17)15(3)25/h4,7-8,10-11,13H,5-6,9,12H2,1-3H3,(H,22,26). The van der Waals surface area contributed by atoms with Gasteiger partial charge in [0.15, 0.2) is 5.78 Å². The van der Waals surface area contributed by atoms with Crippen molar-refractivity contribution in [2.75, 3.05) is 23.3 Å². The van der Waals surface area contributed by atoms with Crippen LogP contribution in [0.1, 0.15) is 53.2 Å². The van der Waals surface area contributed by atoms with E-state index in [2.05, 4.69) is 27.1 Å². The molecule has 2 aromatic rings. The third-order valence-corrected chi connectivity index (χ3v) is 4.54. The van der Waals surface area contributed by atoms with E-state index in [1.165, 1.54) is 13.3 Å². The number of piperidine rings is 1. The molecule has 0 saturated carbocycles. The predicted molar refractivity (Wildman–Crippen MR) is 102 cm³/mol. The Kier molecular flexibility index (Phi) is 5.30. The van der Waals surface area contributed by atoms with E-state index in [0.29, 0.717) is 28.8 Å². The first-order valence-electron chi connectivity index (χ1n) is 8.95. The lowest BCUT2D eigenvalue weighted by molar-refractivity contribution is 0.100. The Labute approximate surface area is 153 Å². The molecule has 6 nitrogen and oxygen atoms in total. The normalized spacial score (nSPS) is 17.0. The zero-order chi connectivity index (χ0) is 18.7. The van der Waals surface area contributed by atoms with Crippen LogP contribution in [0, 0.1) is 12.8 Å². The van der Waals surface area contributed by atoms with Crippen LogP contribution in [-0.4, -0.2) is 34.7 Å². The number of aryl methyl sites for hydroxylation is 1. The number of ketones is 1. The zero-order valence-corrected chi connectivity index (χ0v) is 15.5. The smallest absolute Gasteiger partial charge is 0.274 e. The van der Waals surface area contributed by atoms with E-state index in [1.807, 2.05) is 6.92 Å². The minimum Gasteiger partial charge on any atom is -0.341 e. The largest absolute Gasteiger partial charge is 0.341 e. The fraction of sp³-hybridized carbons (Fsp3) is 0.400. The minimum atomic E-state index is -0.303. The minimum absolute atomic E-state index is 0.0412. The van der Waals surface area contributed by atoms with Gasteiger partial charge in [-0.1, -0.05) is 19.1 Å². The number of anilines is 2. The lowest BCUT2D eigenvalue weighted by Gasteiger charge is -2.31. The van der Waals surface area contributed by atoms with Gasteiger partial charge in [0, 0.05) is 30.0 Å². The molecule has 6 heteroatoms. The summed E-state index contributed by atoms with van der Waals surface area (Å²) in [6.07, 6.45) is 2.32. The van der Waals surface area contributed by atoms with Crippen molar-refractivity contribution >= 4 is 23.3 Å². The molecule has 1 aromatic carbocycles. The molecule has 1 aliphatic heterocycles. The van der Waals surface area contributed by atoms with Crippen LogP contribution in [0.3, 0.4) is 0 Å². The van der Waals surface area contributed by atoms with Gasteiger partial charge >= 0.3 is 0 Å². The van der Waals surface area contributed by atoms with E-state index < -0.39 is 0 Å². The van der Waals surface area contributed by atoms with E-state index in [4.69, 9.17) is 0 Å². The molecular formula is C20H24N4O2. The number of hydrogen-bond acceptors (Lipinski definition) is 5. The summed E-state index contributed by atoms with van der Waals surface area (Å²) in [5.74, 6) is 0.863. The Morgan fingerprint density at radius 1 is 1.23 bits per heavy atom. The summed E-state index contributed by atoms with van der Waals surface area (Å²) < 4.78 is 0. The monoisotopic (exact) mass is 352 g/mol. The maximum atomic E-state index is 12.6. The summed E-state index contributed by atoms with van der Waals surface area (Å²) in [5, 5.41) is 2.82. The number of nitrogens with zero attached hydrogens (tertiary/aromatic N) is 3. The molecule has 1 aliphatic rings. The number of amides is 1. The zero-order valence-electron chi connectivity index (χ0n) is 15.5.